The number of fused-ring (bicyclic) bond motifs is 4. The van der Waals surface area contributed by atoms with Crippen LogP contribution >= 0.6 is 0 Å². The van der Waals surface area contributed by atoms with Gasteiger partial charge >= 0.3 is 0 Å². The zero-order valence-corrected chi connectivity index (χ0v) is 20.7. The Bertz CT molecular complexity index is 2040. The maximum Gasteiger partial charge on any atom is 0.0991 e. The lowest BCUT2D eigenvalue weighted by Crippen LogP contribution is -1.87. The van der Waals surface area contributed by atoms with E-state index in [4.69, 9.17) is 0 Å². The normalized spacial score (nSPS) is 11.1. The first-order chi connectivity index (χ1) is 18.8. The number of benzene rings is 7. The van der Waals surface area contributed by atoms with Crippen LogP contribution in [0.2, 0.25) is 0 Å². The zero-order chi connectivity index (χ0) is 25.5. The Kier molecular flexibility index (Phi) is 5.24. The molecule has 1 nitrogen and oxygen atoms in total. The summed E-state index contributed by atoms with van der Waals surface area (Å²) in [5, 5.41) is 16.9. The average molecular weight is 482 g/mol. The van der Waals surface area contributed by atoms with E-state index in [1.807, 2.05) is 18.2 Å². The molecule has 0 bridgehead atoms. The second-order valence-electron chi connectivity index (χ2n) is 9.71. The maximum atomic E-state index is 9.38. The van der Waals surface area contributed by atoms with Crippen molar-refractivity contribution in [1.82, 2.24) is 0 Å². The smallest absolute Gasteiger partial charge is 0.0991 e. The summed E-state index contributed by atoms with van der Waals surface area (Å²) in [6.07, 6.45) is 0. The van der Waals surface area contributed by atoms with Crippen molar-refractivity contribution in [1.29, 1.82) is 5.26 Å². The van der Waals surface area contributed by atoms with Crippen LogP contribution in [0, 0.1) is 11.3 Å². The van der Waals surface area contributed by atoms with Crippen molar-refractivity contribution in [2.24, 2.45) is 0 Å². The van der Waals surface area contributed by atoms with Gasteiger partial charge in [0.25, 0.3) is 0 Å². The van der Waals surface area contributed by atoms with Gasteiger partial charge in [-0.05, 0) is 96.0 Å². The van der Waals surface area contributed by atoms with E-state index in [0.29, 0.717) is 5.56 Å². The molecule has 0 aliphatic heterocycles. The van der Waals surface area contributed by atoms with Gasteiger partial charge in [-0.3, -0.25) is 0 Å². The van der Waals surface area contributed by atoms with Gasteiger partial charge in [0.2, 0.25) is 0 Å². The summed E-state index contributed by atoms with van der Waals surface area (Å²) in [7, 11) is 0. The van der Waals surface area contributed by atoms with Gasteiger partial charge in [0.15, 0.2) is 0 Å². The van der Waals surface area contributed by atoms with Crippen molar-refractivity contribution in [3.63, 3.8) is 0 Å². The van der Waals surface area contributed by atoms with Gasteiger partial charge in [-0.2, -0.15) is 5.26 Å². The predicted octanol–water partition coefficient (Wildman–Crippen LogP) is 10.0. The molecule has 0 saturated heterocycles. The number of hydrogen-bond donors (Lipinski definition) is 0. The first-order valence-corrected chi connectivity index (χ1v) is 12.8. The summed E-state index contributed by atoms with van der Waals surface area (Å²) in [6, 6.07) is 51.6. The lowest BCUT2D eigenvalue weighted by molar-refractivity contribution is 1.48. The van der Waals surface area contributed by atoms with Crippen molar-refractivity contribution in [3.8, 4) is 39.4 Å². The third-order valence-electron chi connectivity index (χ3n) is 7.46. The minimum absolute atomic E-state index is 0.671. The van der Waals surface area contributed by atoms with Crippen LogP contribution in [0.3, 0.4) is 0 Å². The molecule has 0 spiro atoms. The third kappa shape index (κ3) is 3.72. The first-order valence-electron chi connectivity index (χ1n) is 12.8. The lowest BCUT2D eigenvalue weighted by Gasteiger charge is -2.13. The molecule has 0 amide bonds. The van der Waals surface area contributed by atoms with Crippen LogP contribution in [0.15, 0.2) is 140 Å². The van der Waals surface area contributed by atoms with E-state index >= 15 is 0 Å². The molecule has 0 saturated carbocycles. The molecular formula is C37H23N. The number of nitriles is 1. The topological polar surface area (TPSA) is 23.8 Å². The van der Waals surface area contributed by atoms with Crippen molar-refractivity contribution < 1.29 is 0 Å². The molecular weight excluding hydrogens is 458 g/mol. The highest BCUT2D eigenvalue weighted by Crippen LogP contribution is 2.38. The van der Waals surface area contributed by atoms with E-state index in [0.717, 1.165) is 16.7 Å². The van der Waals surface area contributed by atoms with Gasteiger partial charge in [0.1, 0.15) is 0 Å². The SMILES string of the molecule is N#Cc1cccc(-c2ccccc2-c2ccc3cc(-c4cc5ccccc5c5ccccc45)ccc3c2)c1. The van der Waals surface area contributed by atoms with Crippen molar-refractivity contribution >= 4 is 32.3 Å². The summed E-state index contributed by atoms with van der Waals surface area (Å²) in [6.45, 7) is 0. The molecule has 7 aromatic carbocycles. The number of nitrogens with zero attached hydrogens (tertiary/aromatic N) is 1. The Balaban J connectivity index is 1.35. The molecule has 0 aliphatic carbocycles. The van der Waals surface area contributed by atoms with Crippen LogP contribution in [-0.4, -0.2) is 0 Å². The summed E-state index contributed by atoms with van der Waals surface area (Å²) in [4.78, 5) is 0. The zero-order valence-electron chi connectivity index (χ0n) is 20.7. The molecule has 0 fully saturated rings. The Hall–Kier alpha value is -5.19. The first kappa shape index (κ1) is 22.0. The summed E-state index contributed by atoms with van der Waals surface area (Å²) in [5.74, 6) is 0. The Morgan fingerprint density at radius 2 is 0.947 bits per heavy atom. The van der Waals surface area contributed by atoms with Crippen LogP contribution in [0.1, 0.15) is 5.56 Å². The average Bonchev–Trinajstić information content (AvgIpc) is 3.00. The highest BCUT2D eigenvalue weighted by atomic mass is 14.2. The van der Waals surface area contributed by atoms with E-state index in [9.17, 15) is 5.26 Å². The molecule has 7 rings (SSSR count). The minimum Gasteiger partial charge on any atom is -0.192 e. The van der Waals surface area contributed by atoms with E-state index in [2.05, 4.69) is 127 Å². The highest BCUT2D eigenvalue weighted by Gasteiger charge is 2.11. The number of hydrogen-bond acceptors (Lipinski definition) is 1. The predicted molar refractivity (Wildman–Crippen MR) is 160 cm³/mol. The van der Waals surface area contributed by atoms with Crippen molar-refractivity contribution in [2.75, 3.05) is 0 Å². The summed E-state index contributed by atoms with van der Waals surface area (Å²) < 4.78 is 0. The second kappa shape index (κ2) is 9.04. The van der Waals surface area contributed by atoms with Crippen LogP contribution in [0.5, 0.6) is 0 Å². The molecule has 0 heterocycles. The van der Waals surface area contributed by atoms with Gasteiger partial charge < -0.3 is 0 Å². The maximum absolute atomic E-state index is 9.38. The largest absolute Gasteiger partial charge is 0.192 e. The second-order valence-corrected chi connectivity index (χ2v) is 9.71. The quantitative estimate of drug-likeness (QED) is 0.230. The van der Waals surface area contributed by atoms with E-state index in [1.54, 1.807) is 0 Å². The Morgan fingerprint density at radius 3 is 1.66 bits per heavy atom. The highest BCUT2D eigenvalue weighted by molar-refractivity contribution is 6.14. The van der Waals surface area contributed by atoms with Crippen LogP contribution in [0.25, 0.3) is 65.7 Å². The fourth-order valence-corrected chi connectivity index (χ4v) is 5.62. The molecule has 0 N–H and O–H groups in total. The van der Waals surface area contributed by atoms with Crippen LogP contribution < -0.4 is 0 Å². The molecule has 0 aromatic heterocycles. The van der Waals surface area contributed by atoms with Crippen molar-refractivity contribution in [3.05, 3.63) is 145 Å². The van der Waals surface area contributed by atoms with E-state index in [1.165, 1.54) is 49.0 Å². The molecule has 1 heteroatoms. The van der Waals surface area contributed by atoms with Gasteiger partial charge in [-0.15, -0.1) is 0 Å². The molecule has 176 valence electrons. The van der Waals surface area contributed by atoms with Crippen molar-refractivity contribution in [2.45, 2.75) is 0 Å². The molecule has 7 aromatic rings. The Labute approximate surface area is 221 Å². The molecule has 0 unspecified atom stereocenters. The molecule has 38 heavy (non-hydrogen) atoms. The molecule has 0 atom stereocenters. The summed E-state index contributed by atoms with van der Waals surface area (Å²) in [5.41, 5.74) is 7.66. The summed E-state index contributed by atoms with van der Waals surface area (Å²) >= 11 is 0. The molecule has 0 aliphatic rings. The molecule has 0 radical (unpaired) electrons. The fourth-order valence-electron chi connectivity index (χ4n) is 5.62. The van der Waals surface area contributed by atoms with Crippen LogP contribution in [-0.2, 0) is 0 Å². The standard InChI is InChI=1S/C37H23N/c38-24-25-8-7-10-28(20-25)32-11-3-4-12-33(32)30-18-16-27-22-31(19-17-26(27)21-30)37-23-29-9-1-2-13-34(29)35-14-5-6-15-36(35)37/h1-23H. The third-order valence-corrected chi connectivity index (χ3v) is 7.46. The minimum atomic E-state index is 0.671. The van der Waals surface area contributed by atoms with Gasteiger partial charge in [-0.1, -0.05) is 109 Å². The monoisotopic (exact) mass is 481 g/mol. The van der Waals surface area contributed by atoms with Gasteiger partial charge in [0.05, 0.1) is 11.6 Å². The fraction of sp³-hybridized carbons (Fsp3) is 0. The van der Waals surface area contributed by atoms with E-state index in [-0.39, 0.29) is 0 Å². The van der Waals surface area contributed by atoms with Gasteiger partial charge in [-0.25, -0.2) is 0 Å². The van der Waals surface area contributed by atoms with E-state index < -0.39 is 0 Å². The lowest BCUT2D eigenvalue weighted by atomic mass is 9.90. The Morgan fingerprint density at radius 1 is 0.368 bits per heavy atom. The van der Waals surface area contributed by atoms with Gasteiger partial charge in [0, 0.05) is 0 Å². The van der Waals surface area contributed by atoms with Crippen LogP contribution in [0.4, 0.5) is 0 Å². The number of rotatable bonds is 3.